The molecule has 0 aliphatic heterocycles. The summed E-state index contributed by atoms with van der Waals surface area (Å²) >= 11 is 0. The van der Waals surface area contributed by atoms with Crippen LogP contribution in [0.3, 0.4) is 0 Å². The lowest BCUT2D eigenvalue weighted by Gasteiger charge is -2.06. The first-order chi connectivity index (χ1) is 3.85. The van der Waals surface area contributed by atoms with Crippen LogP contribution in [-0.2, 0) is 4.74 Å². The lowest BCUT2D eigenvalue weighted by atomic mass is 10.2. The molecule has 1 unspecified atom stereocenters. The van der Waals surface area contributed by atoms with Gasteiger partial charge in [0.2, 0.25) is 0 Å². The third-order valence-electron chi connectivity index (χ3n) is 1.12. The van der Waals surface area contributed by atoms with Gasteiger partial charge in [0, 0.05) is 13.5 Å². The zero-order chi connectivity index (χ0) is 6.41. The van der Waals surface area contributed by atoms with E-state index in [0.29, 0.717) is 6.42 Å². The molecule has 1 heteroatoms. The molecule has 0 aromatic heterocycles. The smallest absolute Gasteiger partial charge is 0.0678 e. The van der Waals surface area contributed by atoms with Gasteiger partial charge in [-0.25, -0.2) is 0 Å². The van der Waals surface area contributed by atoms with E-state index in [9.17, 15) is 0 Å². The molecule has 8 heavy (non-hydrogen) atoms. The van der Waals surface area contributed by atoms with Gasteiger partial charge in [0.05, 0.1) is 6.10 Å². The van der Waals surface area contributed by atoms with Crippen molar-refractivity contribution in [1.29, 1.82) is 0 Å². The molecule has 0 amide bonds. The lowest BCUT2D eigenvalue weighted by Crippen LogP contribution is -2.06. The molecule has 0 bridgehead atoms. The molecule has 0 saturated heterocycles. The number of methoxy groups -OCH3 is 1. The summed E-state index contributed by atoms with van der Waals surface area (Å²) in [6.07, 6.45) is 8.39. The maximum atomic E-state index is 6.61. The third kappa shape index (κ3) is 2.65. The fourth-order valence-corrected chi connectivity index (χ4v) is 0.508. The molecular formula is C7H11O. The number of ether oxygens (including phenoxy) is 1. The normalized spacial score (nSPS) is 12.6. The van der Waals surface area contributed by atoms with E-state index in [4.69, 9.17) is 11.2 Å². The van der Waals surface area contributed by atoms with E-state index >= 15 is 0 Å². The van der Waals surface area contributed by atoms with Crippen molar-refractivity contribution in [1.82, 2.24) is 0 Å². The van der Waals surface area contributed by atoms with Crippen molar-refractivity contribution < 1.29 is 4.74 Å². The van der Waals surface area contributed by atoms with E-state index in [2.05, 4.69) is 5.92 Å². The quantitative estimate of drug-likeness (QED) is 0.500. The summed E-state index contributed by atoms with van der Waals surface area (Å²) in [5.74, 6) is 2.29. The summed E-state index contributed by atoms with van der Waals surface area (Å²) in [5.41, 5.74) is 0. The lowest BCUT2D eigenvalue weighted by molar-refractivity contribution is 0.104. The molecule has 0 saturated carbocycles. The Labute approximate surface area is 51.0 Å². The van der Waals surface area contributed by atoms with Crippen LogP contribution in [0.15, 0.2) is 0 Å². The van der Waals surface area contributed by atoms with Crippen LogP contribution in [0.1, 0.15) is 19.8 Å². The van der Waals surface area contributed by atoms with Crippen LogP contribution in [0.25, 0.3) is 0 Å². The van der Waals surface area contributed by atoms with Gasteiger partial charge in [-0.2, -0.15) is 0 Å². The summed E-state index contributed by atoms with van der Waals surface area (Å²) in [7, 11) is 1.66. The van der Waals surface area contributed by atoms with Gasteiger partial charge in [0.25, 0.3) is 0 Å². The number of rotatable bonds is 3. The minimum Gasteiger partial charge on any atom is -0.380 e. The minimum absolute atomic E-state index is 0.201. The van der Waals surface area contributed by atoms with Crippen LogP contribution in [-0.4, -0.2) is 13.2 Å². The monoisotopic (exact) mass is 111 g/mol. The molecule has 0 N–H and O–H groups in total. The summed E-state index contributed by atoms with van der Waals surface area (Å²) in [6.45, 7) is 2.03. The van der Waals surface area contributed by atoms with Crippen LogP contribution < -0.4 is 0 Å². The van der Waals surface area contributed by atoms with E-state index in [-0.39, 0.29) is 6.10 Å². The van der Waals surface area contributed by atoms with Crippen molar-refractivity contribution >= 4 is 0 Å². The molecular weight excluding hydrogens is 100 g/mol. The van der Waals surface area contributed by atoms with Gasteiger partial charge in [0.1, 0.15) is 0 Å². The zero-order valence-corrected chi connectivity index (χ0v) is 5.40. The second-order valence-electron chi connectivity index (χ2n) is 1.65. The molecule has 0 aliphatic carbocycles. The van der Waals surface area contributed by atoms with Crippen molar-refractivity contribution in [3.8, 4) is 5.92 Å². The Morgan fingerprint density at radius 3 is 2.50 bits per heavy atom. The van der Waals surface area contributed by atoms with Crippen molar-refractivity contribution in [3.05, 3.63) is 6.42 Å². The number of hydrogen-bond donors (Lipinski definition) is 0. The summed E-state index contributed by atoms with van der Waals surface area (Å²) in [6, 6.07) is 0. The first-order valence-corrected chi connectivity index (χ1v) is 2.77. The fourth-order valence-electron chi connectivity index (χ4n) is 0.508. The predicted molar refractivity (Wildman–Crippen MR) is 32.8 cm³/mol. The molecule has 0 spiro atoms. The molecule has 1 atom stereocenters. The van der Waals surface area contributed by atoms with Gasteiger partial charge >= 0.3 is 0 Å². The van der Waals surface area contributed by atoms with Crippen molar-refractivity contribution in [2.45, 2.75) is 25.9 Å². The third-order valence-corrected chi connectivity index (χ3v) is 1.12. The first-order valence-electron chi connectivity index (χ1n) is 2.77. The SMILES string of the molecule is [C]#CCC(CC)OC. The fraction of sp³-hybridized carbons (Fsp3) is 0.714. The Balaban J connectivity index is 3.25. The van der Waals surface area contributed by atoms with E-state index in [1.807, 2.05) is 6.92 Å². The minimum atomic E-state index is 0.201. The summed E-state index contributed by atoms with van der Waals surface area (Å²) < 4.78 is 4.96. The molecule has 0 aliphatic rings. The first kappa shape index (κ1) is 7.52. The van der Waals surface area contributed by atoms with Crippen molar-refractivity contribution in [3.63, 3.8) is 0 Å². The Kier molecular flexibility index (Phi) is 4.39. The average Bonchev–Trinajstić information content (AvgIpc) is 1.83. The Morgan fingerprint density at radius 2 is 2.38 bits per heavy atom. The van der Waals surface area contributed by atoms with Gasteiger partial charge in [0.15, 0.2) is 0 Å². The molecule has 45 valence electrons. The molecule has 1 radical (unpaired) electrons. The Morgan fingerprint density at radius 1 is 1.75 bits per heavy atom. The molecule has 0 heterocycles. The van der Waals surface area contributed by atoms with Crippen LogP contribution in [0.4, 0.5) is 0 Å². The largest absolute Gasteiger partial charge is 0.380 e. The second-order valence-corrected chi connectivity index (χ2v) is 1.65. The van der Waals surface area contributed by atoms with Crippen molar-refractivity contribution in [2.24, 2.45) is 0 Å². The van der Waals surface area contributed by atoms with Gasteiger partial charge in [-0.3, -0.25) is 0 Å². The Hall–Kier alpha value is -0.480. The zero-order valence-electron chi connectivity index (χ0n) is 5.40. The van der Waals surface area contributed by atoms with Crippen LogP contribution in [0.5, 0.6) is 0 Å². The maximum absolute atomic E-state index is 6.61. The summed E-state index contributed by atoms with van der Waals surface area (Å²) in [4.78, 5) is 0. The standard InChI is InChI=1S/C7H11O/c1-4-6-7(5-2)8-3/h7H,5-6H2,2-3H3. The van der Waals surface area contributed by atoms with E-state index in [0.717, 1.165) is 6.42 Å². The number of hydrogen-bond acceptors (Lipinski definition) is 1. The molecule has 0 rings (SSSR count). The van der Waals surface area contributed by atoms with Gasteiger partial charge in [-0.05, 0) is 12.8 Å². The van der Waals surface area contributed by atoms with Crippen molar-refractivity contribution in [2.75, 3.05) is 7.11 Å². The maximum Gasteiger partial charge on any atom is 0.0678 e. The van der Waals surface area contributed by atoms with Crippen LogP contribution in [0.2, 0.25) is 0 Å². The molecule has 0 aromatic rings. The topological polar surface area (TPSA) is 9.23 Å². The van der Waals surface area contributed by atoms with Crippen LogP contribution >= 0.6 is 0 Å². The Bertz CT molecular complexity index is 76.9. The highest BCUT2D eigenvalue weighted by atomic mass is 16.5. The van der Waals surface area contributed by atoms with E-state index in [1.54, 1.807) is 7.11 Å². The highest BCUT2D eigenvalue weighted by molar-refractivity contribution is 4.79. The second kappa shape index (κ2) is 4.67. The predicted octanol–water partition coefficient (Wildman–Crippen LogP) is 1.39. The van der Waals surface area contributed by atoms with Gasteiger partial charge in [-0.1, -0.05) is 12.8 Å². The molecule has 0 fully saturated rings. The van der Waals surface area contributed by atoms with Gasteiger partial charge < -0.3 is 4.74 Å². The van der Waals surface area contributed by atoms with E-state index in [1.165, 1.54) is 0 Å². The van der Waals surface area contributed by atoms with Gasteiger partial charge in [-0.15, -0.1) is 0 Å². The highest BCUT2D eigenvalue weighted by Gasteiger charge is 1.98. The molecule has 0 aromatic carbocycles. The highest BCUT2D eigenvalue weighted by Crippen LogP contribution is 1.98. The van der Waals surface area contributed by atoms with E-state index < -0.39 is 0 Å². The molecule has 1 nitrogen and oxygen atoms in total. The average molecular weight is 111 g/mol. The van der Waals surface area contributed by atoms with Crippen LogP contribution in [0, 0.1) is 12.3 Å². The summed E-state index contributed by atoms with van der Waals surface area (Å²) in [5, 5.41) is 0.